The fourth-order valence-electron chi connectivity index (χ4n) is 2.67. The van der Waals surface area contributed by atoms with Gasteiger partial charge in [-0.05, 0) is 60.3 Å². The maximum Gasteiger partial charge on any atom is 0.291 e. The highest BCUT2D eigenvalue weighted by Crippen LogP contribution is 2.28. The van der Waals surface area contributed by atoms with Crippen LogP contribution >= 0.6 is 12.2 Å². The Morgan fingerprint density at radius 3 is 2.44 bits per heavy atom. The molecule has 0 saturated heterocycles. The summed E-state index contributed by atoms with van der Waals surface area (Å²) in [7, 11) is 3.07. The van der Waals surface area contributed by atoms with Crippen LogP contribution < -0.4 is 25.4 Å². The van der Waals surface area contributed by atoms with Crippen LogP contribution in [-0.4, -0.2) is 31.1 Å². The molecule has 0 aliphatic heterocycles. The number of methoxy groups -OCH3 is 2. The molecule has 3 N–H and O–H groups in total. The predicted molar refractivity (Wildman–Crippen MR) is 126 cm³/mol. The molecular formula is C23H21N3O5S. The highest BCUT2D eigenvalue weighted by molar-refractivity contribution is 7.80. The molecule has 0 aliphatic rings. The van der Waals surface area contributed by atoms with Crippen molar-refractivity contribution in [3.05, 3.63) is 78.3 Å². The van der Waals surface area contributed by atoms with E-state index in [9.17, 15) is 9.59 Å². The van der Waals surface area contributed by atoms with Gasteiger partial charge in [0, 0.05) is 17.8 Å². The van der Waals surface area contributed by atoms with Gasteiger partial charge in [-0.3, -0.25) is 14.9 Å². The minimum atomic E-state index is -0.402. The van der Waals surface area contributed by atoms with Crippen LogP contribution in [0.2, 0.25) is 0 Å². The van der Waals surface area contributed by atoms with Crippen LogP contribution in [0.15, 0.2) is 71.4 Å². The zero-order valence-corrected chi connectivity index (χ0v) is 18.2. The lowest BCUT2D eigenvalue weighted by Gasteiger charge is -2.13. The van der Waals surface area contributed by atoms with Crippen LogP contribution in [0.5, 0.6) is 11.5 Å². The summed E-state index contributed by atoms with van der Waals surface area (Å²) in [6.07, 6.45) is 4.46. The van der Waals surface area contributed by atoms with Crippen molar-refractivity contribution in [2.24, 2.45) is 0 Å². The molecule has 0 aliphatic carbocycles. The van der Waals surface area contributed by atoms with Crippen LogP contribution in [0.25, 0.3) is 6.08 Å². The molecule has 3 rings (SSSR count). The molecule has 2 amide bonds. The third kappa shape index (κ3) is 6.19. The fraction of sp³-hybridized carbons (Fsp3) is 0.0870. The maximum atomic E-state index is 12.2. The number of benzene rings is 2. The number of furan rings is 1. The Kier molecular flexibility index (Phi) is 7.60. The number of anilines is 2. The summed E-state index contributed by atoms with van der Waals surface area (Å²) in [5, 5.41) is 8.30. The summed E-state index contributed by atoms with van der Waals surface area (Å²) in [6.45, 7) is 0. The smallest absolute Gasteiger partial charge is 0.291 e. The molecule has 0 saturated carbocycles. The van der Waals surface area contributed by atoms with E-state index in [1.165, 1.54) is 19.4 Å². The number of hydrogen-bond donors (Lipinski definition) is 3. The molecule has 2 aromatic carbocycles. The first kappa shape index (κ1) is 22.6. The van der Waals surface area contributed by atoms with E-state index in [1.54, 1.807) is 55.7 Å². The van der Waals surface area contributed by atoms with Gasteiger partial charge < -0.3 is 24.5 Å². The Bertz CT molecular complexity index is 1130. The van der Waals surface area contributed by atoms with Gasteiger partial charge in [-0.25, -0.2) is 0 Å². The highest BCUT2D eigenvalue weighted by Gasteiger charge is 2.13. The van der Waals surface area contributed by atoms with Gasteiger partial charge in [-0.15, -0.1) is 0 Å². The van der Waals surface area contributed by atoms with Gasteiger partial charge in [0.05, 0.1) is 26.2 Å². The molecule has 0 bridgehead atoms. The van der Waals surface area contributed by atoms with Crippen LogP contribution in [0.3, 0.4) is 0 Å². The second-order valence-electron chi connectivity index (χ2n) is 6.40. The van der Waals surface area contributed by atoms with E-state index in [4.69, 9.17) is 26.1 Å². The molecule has 3 aromatic rings. The number of rotatable bonds is 7. The van der Waals surface area contributed by atoms with E-state index in [0.717, 1.165) is 11.3 Å². The Balaban J connectivity index is 1.57. The minimum absolute atomic E-state index is 0.115. The standard InChI is InChI=1S/C23H21N3O5S/c1-29-17-9-5-15(6-10-17)7-12-21(27)26-23(32)24-16-8-11-18(20(14-16)30-2)25-22(28)19-4-3-13-31-19/h3-14H,1-2H3,(H,25,28)(H2,24,26,27,32)/b12-7+. The number of thiocarbonyl (C=S) groups is 1. The normalized spacial score (nSPS) is 10.4. The average Bonchev–Trinajstić information content (AvgIpc) is 3.34. The zero-order valence-electron chi connectivity index (χ0n) is 17.4. The lowest BCUT2D eigenvalue weighted by Crippen LogP contribution is -2.32. The summed E-state index contributed by atoms with van der Waals surface area (Å²) in [5.41, 5.74) is 1.87. The van der Waals surface area contributed by atoms with Gasteiger partial charge >= 0.3 is 0 Å². The Hall–Kier alpha value is -4.11. The molecule has 8 nitrogen and oxygen atoms in total. The third-order valence-electron chi connectivity index (χ3n) is 4.23. The maximum absolute atomic E-state index is 12.2. The van der Waals surface area contributed by atoms with Crippen molar-refractivity contribution in [3.63, 3.8) is 0 Å². The summed E-state index contributed by atoms with van der Waals surface area (Å²) < 4.78 is 15.5. The van der Waals surface area contributed by atoms with E-state index in [2.05, 4.69) is 16.0 Å². The molecule has 0 radical (unpaired) electrons. The van der Waals surface area contributed by atoms with Crippen molar-refractivity contribution in [1.29, 1.82) is 0 Å². The van der Waals surface area contributed by atoms with E-state index in [1.807, 2.05) is 12.1 Å². The number of amides is 2. The van der Waals surface area contributed by atoms with Crippen molar-refractivity contribution in [1.82, 2.24) is 5.32 Å². The number of hydrogen-bond acceptors (Lipinski definition) is 6. The first-order valence-corrected chi connectivity index (χ1v) is 9.86. The quantitative estimate of drug-likeness (QED) is 0.368. The van der Waals surface area contributed by atoms with Gasteiger partial charge in [0.25, 0.3) is 5.91 Å². The number of carbonyl (C=O) groups excluding carboxylic acids is 2. The fourth-order valence-corrected chi connectivity index (χ4v) is 2.89. The molecule has 1 aromatic heterocycles. The summed E-state index contributed by atoms with van der Waals surface area (Å²) in [5.74, 6) is 0.538. The van der Waals surface area contributed by atoms with Crippen molar-refractivity contribution < 1.29 is 23.5 Å². The van der Waals surface area contributed by atoms with Crippen LogP contribution in [0.1, 0.15) is 16.1 Å². The number of carbonyl (C=O) groups is 2. The predicted octanol–water partition coefficient (Wildman–Crippen LogP) is 4.08. The van der Waals surface area contributed by atoms with Gasteiger partial charge in [0.15, 0.2) is 10.9 Å². The van der Waals surface area contributed by atoms with Crippen LogP contribution in [0.4, 0.5) is 11.4 Å². The topological polar surface area (TPSA) is 102 Å². The highest BCUT2D eigenvalue weighted by atomic mass is 32.1. The zero-order chi connectivity index (χ0) is 22.9. The number of ether oxygens (including phenoxy) is 2. The third-order valence-corrected chi connectivity index (χ3v) is 4.44. The largest absolute Gasteiger partial charge is 0.497 e. The molecule has 9 heteroatoms. The summed E-state index contributed by atoms with van der Waals surface area (Å²) in [6, 6.07) is 15.4. The van der Waals surface area contributed by atoms with E-state index in [-0.39, 0.29) is 16.8 Å². The van der Waals surface area contributed by atoms with Crippen LogP contribution in [0, 0.1) is 0 Å². The Morgan fingerprint density at radius 1 is 1.00 bits per heavy atom. The van der Waals surface area contributed by atoms with E-state index in [0.29, 0.717) is 17.1 Å². The van der Waals surface area contributed by atoms with E-state index < -0.39 is 5.91 Å². The lowest BCUT2D eigenvalue weighted by atomic mass is 10.2. The minimum Gasteiger partial charge on any atom is -0.497 e. The molecule has 0 atom stereocenters. The molecule has 0 unspecified atom stereocenters. The first-order chi connectivity index (χ1) is 15.5. The lowest BCUT2D eigenvalue weighted by molar-refractivity contribution is -0.115. The second-order valence-corrected chi connectivity index (χ2v) is 6.80. The monoisotopic (exact) mass is 451 g/mol. The van der Waals surface area contributed by atoms with Gasteiger partial charge in [-0.1, -0.05) is 12.1 Å². The van der Waals surface area contributed by atoms with Crippen LogP contribution in [-0.2, 0) is 4.79 Å². The molecule has 164 valence electrons. The van der Waals surface area contributed by atoms with Gasteiger partial charge in [0.1, 0.15) is 11.5 Å². The molecule has 32 heavy (non-hydrogen) atoms. The molecular weight excluding hydrogens is 430 g/mol. The van der Waals surface area contributed by atoms with Crippen molar-refractivity contribution in [2.45, 2.75) is 0 Å². The molecule has 0 fully saturated rings. The summed E-state index contributed by atoms with van der Waals surface area (Å²) in [4.78, 5) is 24.3. The average molecular weight is 452 g/mol. The van der Waals surface area contributed by atoms with Crippen molar-refractivity contribution >= 4 is 46.6 Å². The molecule has 0 spiro atoms. The Morgan fingerprint density at radius 2 is 1.78 bits per heavy atom. The summed E-state index contributed by atoms with van der Waals surface area (Å²) >= 11 is 5.20. The SMILES string of the molecule is COc1ccc(/C=C/C(=O)NC(=S)Nc2ccc(NC(=O)c3ccco3)c(OC)c2)cc1. The van der Waals surface area contributed by atoms with Crippen molar-refractivity contribution in [2.75, 3.05) is 24.9 Å². The van der Waals surface area contributed by atoms with E-state index >= 15 is 0 Å². The van der Waals surface area contributed by atoms with Crippen molar-refractivity contribution in [3.8, 4) is 11.5 Å². The first-order valence-electron chi connectivity index (χ1n) is 9.45. The van der Waals surface area contributed by atoms with Gasteiger partial charge in [-0.2, -0.15) is 0 Å². The number of nitrogens with one attached hydrogen (secondary N) is 3. The van der Waals surface area contributed by atoms with Gasteiger partial charge in [0.2, 0.25) is 5.91 Å². The Labute approximate surface area is 190 Å². The second kappa shape index (κ2) is 10.8. The molecule has 1 heterocycles.